The average Bonchev–Trinajstić information content (AvgIpc) is 2.41. The van der Waals surface area contributed by atoms with Crippen molar-refractivity contribution in [3.05, 3.63) is 46.9 Å². The number of aromatic nitrogens is 1. The molecule has 0 spiro atoms. The number of pyridine rings is 1. The first-order valence-corrected chi connectivity index (χ1v) is 5.98. The second kappa shape index (κ2) is 5.50. The van der Waals surface area contributed by atoms with Gasteiger partial charge in [-0.3, -0.25) is 0 Å². The Morgan fingerprint density at radius 1 is 1.14 bits per heavy atom. The van der Waals surface area contributed by atoms with Gasteiger partial charge in [0.1, 0.15) is 17.3 Å². The molecule has 0 saturated heterocycles. The van der Waals surface area contributed by atoms with E-state index < -0.39 is 29.5 Å². The standard InChI is InChI=1S/C13H8ClF4NO2/c14-7-5-6(1-2-8(7)15)11-10(20)4-3-9(19-11)12(21)13(16,17)18/h1-5,12,20-21H. The monoisotopic (exact) mass is 321 g/mol. The van der Waals surface area contributed by atoms with E-state index in [-0.39, 0.29) is 16.3 Å². The van der Waals surface area contributed by atoms with Gasteiger partial charge in [-0.25, -0.2) is 9.37 Å². The molecule has 0 radical (unpaired) electrons. The zero-order valence-electron chi connectivity index (χ0n) is 10.2. The maximum absolute atomic E-state index is 13.1. The fourth-order valence-electron chi connectivity index (χ4n) is 1.64. The third-order valence-corrected chi connectivity index (χ3v) is 2.97. The minimum Gasteiger partial charge on any atom is -0.506 e. The van der Waals surface area contributed by atoms with Gasteiger partial charge in [0, 0.05) is 5.56 Å². The lowest BCUT2D eigenvalue weighted by Gasteiger charge is -2.15. The van der Waals surface area contributed by atoms with Gasteiger partial charge in [0.05, 0.1) is 10.7 Å². The lowest BCUT2D eigenvalue weighted by molar-refractivity contribution is -0.207. The first-order valence-electron chi connectivity index (χ1n) is 5.60. The summed E-state index contributed by atoms with van der Waals surface area (Å²) in [5, 5.41) is 18.6. The third kappa shape index (κ3) is 3.25. The summed E-state index contributed by atoms with van der Waals surface area (Å²) < 4.78 is 50.5. The van der Waals surface area contributed by atoms with Gasteiger partial charge in [-0.1, -0.05) is 11.6 Å². The van der Waals surface area contributed by atoms with Crippen LogP contribution in [0.1, 0.15) is 11.8 Å². The zero-order valence-corrected chi connectivity index (χ0v) is 11.0. The van der Waals surface area contributed by atoms with Crippen molar-refractivity contribution in [2.75, 3.05) is 0 Å². The maximum atomic E-state index is 13.1. The Labute approximate surface area is 121 Å². The molecule has 2 N–H and O–H groups in total. The molecule has 0 amide bonds. The molecule has 2 aromatic rings. The number of aromatic hydroxyl groups is 1. The quantitative estimate of drug-likeness (QED) is 0.826. The lowest BCUT2D eigenvalue weighted by atomic mass is 10.1. The van der Waals surface area contributed by atoms with Crippen molar-refractivity contribution in [3.63, 3.8) is 0 Å². The van der Waals surface area contributed by atoms with Gasteiger partial charge in [-0.2, -0.15) is 13.2 Å². The van der Waals surface area contributed by atoms with Crippen LogP contribution < -0.4 is 0 Å². The van der Waals surface area contributed by atoms with E-state index in [2.05, 4.69) is 4.98 Å². The molecule has 0 aliphatic carbocycles. The number of hydrogen-bond acceptors (Lipinski definition) is 3. The molecule has 0 bridgehead atoms. The number of nitrogens with zero attached hydrogens (tertiary/aromatic N) is 1. The number of aliphatic hydroxyl groups excluding tert-OH is 1. The summed E-state index contributed by atoms with van der Waals surface area (Å²) >= 11 is 5.58. The van der Waals surface area contributed by atoms with E-state index in [1.54, 1.807) is 0 Å². The minimum absolute atomic E-state index is 0.120. The summed E-state index contributed by atoms with van der Waals surface area (Å²) in [7, 11) is 0. The van der Waals surface area contributed by atoms with Crippen LogP contribution in [0.3, 0.4) is 0 Å². The molecular formula is C13H8ClF4NO2. The highest BCUT2D eigenvalue weighted by Crippen LogP contribution is 2.35. The molecule has 1 unspecified atom stereocenters. The lowest BCUT2D eigenvalue weighted by Crippen LogP contribution is -2.21. The fraction of sp³-hybridized carbons (Fsp3) is 0.154. The van der Waals surface area contributed by atoms with Crippen LogP contribution in [0.25, 0.3) is 11.3 Å². The highest BCUT2D eigenvalue weighted by molar-refractivity contribution is 6.31. The van der Waals surface area contributed by atoms with E-state index in [0.717, 1.165) is 24.3 Å². The Kier molecular flexibility index (Phi) is 4.06. The minimum atomic E-state index is -4.89. The van der Waals surface area contributed by atoms with Crippen LogP contribution in [0.4, 0.5) is 17.6 Å². The Morgan fingerprint density at radius 3 is 2.38 bits per heavy atom. The number of halogens is 5. The topological polar surface area (TPSA) is 53.4 Å². The van der Waals surface area contributed by atoms with Gasteiger partial charge in [-0.15, -0.1) is 0 Å². The van der Waals surface area contributed by atoms with Gasteiger partial charge in [-0.05, 0) is 30.3 Å². The van der Waals surface area contributed by atoms with E-state index in [0.29, 0.717) is 0 Å². The van der Waals surface area contributed by atoms with Gasteiger partial charge in [0.15, 0.2) is 6.10 Å². The van der Waals surface area contributed by atoms with Crippen molar-refractivity contribution in [1.82, 2.24) is 4.98 Å². The van der Waals surface area contributed by atoms with E-state index in [9.17, 15) is 22.7 Å². The molecule has 0 aliphatic rings. The van der Waals surface area contributed by atoms with Gasteiger partial charge in [0.2, 0.25) is 0 Å². The first-order chi connectivity index (χ1) is 9.70. The summed E-state index contributed by atoms with van der Waals surface area (Å²) in [6, 6.07) is 5.12. The number of hydrogen-bond donors (Lipinski definition) is 2. The van der Waals surface area contributed by atoms with Crippen LogP contribution in [0.15, 0.2) is 30.3 Å². The number of alkyl halides is 3. The highest BCUT2D eigenvalue weighted by atomic mass is 35.5. The van der Waals surface area contributed by atoms with E-state index in [1.165, 1.54) is 6.07 Å². The average molecular weight is 322 g/mol. The van der Waals surface area contributed by atoms with Crippen LogP contribution >= 0.6 is 11.6 Å². The Bertz CT molecular complexity index is 676. The van der Waals surface area contributed by atoms with E-state index in [4.69, 9.17) is 16.7 Å². The molecule has 0 aliphatic heterocycles. The summed E-state index contributed by atoms with van der Waals surface area (Å²) in [5.74, 6) is -1.14. The molecule has 1 heterocycles. The Morgan fingerprint density at radius 2 is 1.81 bits per heavy atom. The Hall–Kier alpha value is -1.86. The predicted octanol–water partition coefficient (Wildman–Crippen LogP) is 3.84. The van der Waals surface area contributed by atoms with Crippen molar-refractivity contribution in [2.24, 2.45) is 0 Å². The van der Waals surface area contributed by atoms with Crippen LogP contribution in [0.5, 0.6) is 5.75 Å². The number of rotatable bonds is 2. The van der Waals surface area contributed by atoms with Crippen molar-refractivity contribution >= 4 is 11.6 Å². The fourth-order valence-corrected chi connectivity index (χ4v) is 1.82. The summed E-state index contributed by atoms with van der Waals surface area (Å²) in [5.41, 5.74) is -0.802. The molecule has 0 saturated carbocycles. The SMILES string of the molecule is Oc1ccc(C(O)C(F)(F)F)nc1-c1ccc(F)c(Cl)c1. The summed E-state index contributed by atoms with van der Waals surface area (Å²) in [6.45, 7) is 0. The molecule has 1 atom stereocenters. The second-order valence-corrected chi connectivity index (χ2v) is 4.58. The van der Waals surface area contributed by atoms with Gasteiger partial charge in [0.25, 0.3) is 0 Å². The van der Waals surface area contributed by atoms with Crippen LogP contribution in [-0.2, 0) is 0 Å². The van der Waals surface area contributed by atoms with Crippen molar-refractivity contribution in [2.45, 2.75) is 12.3 Å². The smallest absolute Gasteiger partial charge is 0.420 e. The summed E-state index contributed by atoms with van der Waals surface area (Å²) in [4.78, 5) is 3.58. The first kappa shape index (κ1) is 15.5. The van der Waals surface area contributed by atoms with Gasteiger partial charge >= 0.3 is 6.18 Å². The molecule has 3 nitrogen and oxygen atoms in total. The van der Waals surface area contributed by atoms with E-state index in [1.807, 2.05) is 0 Å². The van der Waals surface area contributed by atoms with E-state index >= 15 is 0 Å². The molecule has 21 heavy (non-hydrogen) atoms. The second-order valence-electron chi connectivity index (χ2n) is 4.18. The summed E-state index contributed by atoms with van der Waals surface area (Å²) in [6.07, 6.45) is -7.67. The third-order valence-electron chi connectivity index (χ3n) is 2.68. The van der Waals surface area contributed by atoms with Crippen molar-refractivity contribution < 1.29 is 27.8 Å². The van der Waals surface area contributed by atoms with Gasteiger partial charge < -0.3 is 10.2 Å². The number of aliphatic hydroxyl groups is 1. The van der Waals surface area contributed by atoms with Crippen LogP contribution in [-0.4, -0.2) is 21.4 Å². The molecular weight excluding hydrogens is 314 g/mol. The molecule has 0 fully saturated rings. The molecule has 1 aromatic heterocycles. The predicted molar refractivity (Wildman–Crippen MR) is 67.3 cm³/mol. The maximum Gasteiger partial charge on any atom is 0.420 e. The molecule has 1 aromatic carbocycles. The highest BCUT2D eigenvalue weighted by Gasteiger charge is 2.40. The van der Waals surface area contributed by atoms with Crippen LogP contribution in [0, 0.1) is 5.82 Å². The normalized spacial score (nSPS) is 13.2. The zero-order chi connectivity index (χ0) is 15.8. The van der Waals surface area contributed by atoms with Crippen LogP contribution in [0.2, 0.25) is 5.02 Å². The molecule has 112 valence electrons. The van der Waals surface area contributed by atoms with Crippen molar-refractivity contribution in [3.8, 4) is 17.0 Å². The largest absolute Gasteiger partial charge is 0.506 e. The Balaban J connectivity index is 2.51. The number of benzene rings is 1. The molecule has 2 rings (SSSR count). The molecule has 8 heteroatoms. The van der Waals surface area contributed by atoms with Crippen molar-refractivity contribution in [1.29, 1.82) is 0 Å².